The third kappa shape index (κ3) is 3.08. The van der Waals surface area contributed by atoms with Crippen LogP contribution < -0.4 is 4.98 Å². The summed E-state index contributed by atoms with van der Waals surface area (Å²) in [5.41, 5.74) is 1.91. The standard InChI is InChI=1S/C10H9N3O.Pd/c14-7-10-12-6-9(13-10)5-8-1-3-11-4-2-8;/h1-4,6-7H,5H2,(H,12,13,14);/p-1. The monoisotopic (exact) mass is 292 g/mol. The summed E-state index contributed by atoms with van der Waals surface area (Å²) in [6.07, 6.45) is 6.41. The van der Waals surface area contributed by atoms with Crippen molar-refractivity contribution in [3.8, 4) is 0 Å². The average molecular weight is 293 g/mol. The van der Waals surface area contributed by atoms with E-state index in [0.717, 1.165) is 11.3 Å². The van der Waals surface area contributed by atoms with E-state index >= 15 is 0 Å². The number of imidazole rings is 1. The first-order valence-electron chi connectivity index (χ1n) is 4.21. The van der Waals surface area contributed by atoms with Crippen molar-refractivity contribution in [3.05, 3.63) is 47.8 Å². The van der Waals surface area contributed by atoms with Crippen LogP contribution in [0, 0.1) is 0 Å². The Kier molecular flexibility index (Phi) is 4.35. The minimum absolute atomic E-state index is 0. The molecule has 0 spiro atoms. The Hall–Kier alpha value is -1.31. The maximum absolute atomic E-state index is 10.3. The van der Waals surface area contributed by atoms with E-state index in [-0.39, 0.29) is 26.2 Å². The predicted octanol–water partition coefficient (Wildman–Crippen LogP) is 0.835. The smallest absolute Gasteiger partial charge is 0.141 e. The van der Waals surface area contributed by atoms with Gasteiger partial charge in [0.05, 0.1) is 0 Å². The normalized spacial score (nSPS) is 9.33. The fourth-order valence-corrected chi connectivity index (χ4v) is 1.20. The summed E-state index contributed by atoms with van der Waals surface area (Å²) < 4.78 is 0. The number of pyridine rings is 1. The predicted molar refractivity (Wildman–Crippen MR) is 50.0 cm³/mol. The molecule has 0 N–H and O–H groups in total. The van der Waals surface area contributed by atoms with Crippen LogP contribution in [0.4, 0.5) is 0 Å². The van der Waals surface area contributed by atoms with Crippen molar-refractivity contribution in [3.63, 3.8) is 0 Å². The number of rotatable bonds is 3. The molecule has 0 aliphatic rings. The van der Waals surface area contributed by atoms with Crippen LogP contribution in [0.2, 0.25) is 0 Å². The Labute approximate surface area is 101 Å². The second kappa shape index (κ2) is 5.54. The van der Waals surface area contributed by atoms with Crippen molar-refractivity contribution < 1.29 is 25.2 Å². The average Bonchev–Trinajstić information content (AvgIpc) is 2.67. The summed E-state index contributed by atoms with van der Waals surface area (Å²) >= 11 is 0. The molecule has 15 heavy (non-hydrogen) atoms. The first-order valence-corrected chi connectivity index (χ1v) is 4.21. The number of carbonyl (C=O) groups excluding carboxylic acids is 1. The van der Waals surface area contributed by atoms with Crippen molar-refractivity contribution in [2.45, 2.75) is 6.42 Å². The second-order valence-electron chi connectivity index (χ2n) is 2.87. The summed E-state index contributed by atoms with van der Waals surface area (Å²) in [6.45, 7) is 0. The molecule has 0 aromatic carbocycles. The van der Waals surface area contributed by atoms with Gasteiger partial charge in [0.25, 0.3) is 0 Å². The number of carbonyl (C=O) groups is 1. The molecule has 0 radical (unpaired) electrons. The largest absolute Gasteiger partial charge is 0.440 e. The van der Waals surface area contributed by atoms with Crippen molar-refractivity contribution in [2.24, 2.45) is 0 Å². The molecule has 4 nitrogen and oxygen atoms in total. The van der Waals surface area contributed by atoms with Crippen LogP contribution in [0.25, 0.3) is 0 Å². The molecule has 0 aliphatic carbocycles. The molecule has 0 bridgehead atoms. The molecule has 80 valence electrons. The van der Waals surface area contributed by atoms with Gasteiger partial charge in [0.15, 0.2) is 0 Å². The van der Waals surface area contributed by atoms with E-state index < -0.39 is 0 Å². The molecule has 0 atom stereocenters. The molecule has 2 aromatic heterocycles. The van der Waals surface area contributed by atoms with Crippen LogP contribution in [0.3, 0.4) is 0 Å². The van der Waals surface area contributed by atoms with E-state index in [0.29, 0.717) is 12.7 Å². The molecule has 0 unspecified atom stereocenters. The summed E-state index contributed by atoms with van der Waals surface area (Å²) in [7, 11) is 0. The van der Waals surface area contributed by atoms with Crippen LogP contribution >= 0.6 is 0 Å². The summed E-state index contributed by atoms with van der Waals surface area (Å²) in [6, 6.07) is 3.82. The minimum atomic E-state index is 0. The van der Waals surface area contributed by atoms with Crippen molar-refractivity contribution in [1.82, 2.24) is 15.0 Å². The number of aldehydes is 1. The Morgan fingerprint density at radius 2 is 2.07 bits per heavy atom. The Bertz CT molecular complexity index is 427. The Morgan fingerprint density at radius 3 is 2.67 bits per heavy atom. The van der Waals surface area contributed by atoms with Gasteiger partial charge in [0.2, 0.25) is 0 Å². The quantitative estimate of drug-likeness (QED) is 0.621. The molecule has 2 aromatic rings. The van der Waals surface area contributed by atoms with Crippen molar-refractivity contribution >= 4 is 6.29 Å². The van der Waals surface area contributed by atoms with Crippen LogP contribution in [0.15, 0.2) is 30.7 Å². The molecule has 0 saturated heterocycles. The molecular formula is C10H8N3OPd-. The molecule has 5 heteroatoms. The molecule has 2 rings (SSSR count). The second-order valence-corrected chi connectivity index (χ2v) is 2.87. The van der Waals surface area contributed by atoms with Gasteiger partial charge in [-0.2, -0.15) is 0 Å². The van der Waals surface area contributed by atoms with E-state index in [2.05, 4.69) is 15.0 Å². The van der Waals surface area contributed by atoms with Gasteiger partial charge in [-0.15, -0.1) is 0 Å². The Morgan fingerprint density at radius 1 is 1.33 bits per heavy atom. The van der Waals surface area contributed by atoms with Gasteiger partial charge in [-0.25, -0.2) is 0 Å². The fourth-order valence-electron chi connectivity index (χ4n) is 1.20. The molecule has 0 aliphatic heterocycles. The van der Waals surface area contributed by atoms with Crippen LogP contribution in [0.5, 0.6) is 0 Å². The SMILES string of the molecule is O=Cc1nc(Cc2ccncc2)c[n-]1.[Pd]. The topological polar surface area (TPSA) is 57.0 Å². The van der Waals surface area contributed by atoms with Gasteiger partial charge in [-0.1, -0.05) is 11.9 Å². The molecule has 0 amide bonds. The number of aromatic nitrogens is 3. The zero-order valence-corrected chi connectivity index (χ0v) is 9.29. The molecule has 2 heterocycles. The molecule has 0 fully saturated rings. The van der Waals surface area contributed by atoms with E-state index in [9.17, 15) is 4.79 Å². The van der Waals surface area contributed by atoms with E-state index in [4.69, 9.17) is 0 Å². The third-order valence-corrected chi connectivity index (χ3v) is 1.84. The van der Waals surface area contributed by atoms with Crippen molar-refractivity contribution in [2.75, 3.05) is 0 Å². The zero-order chi connectivity index (χ0) is 9.80. The van der Waals surface area contributed by atoms with Crippen molar-refractivity contribution in [1.29, 1.82) is 0 Å². The summed E-state index contributed by atoms with van der Waals surface area (Å²) in [4.78, 5) is 22.1. The Balaban J connectivity index is 0.00000112. The van der Waals surface area contributed by atoms with Gasteiger partial charge in [-0.3, -0.25) is 9.78 Å². The van der Waals surface area contributed by atoms with Crippen LogP contribution in [-0.2, 0) is 26.8 Å². The summed E-state index contributed by atoms with van der Waals surface area (Å²) in [5, 5.41) is 0. The maximum atomic E-state index is 10.3. The van der Waals surface area contributed by atoms with Gasteiger partial charge in [-0.05, 0) is 29.9 Å². The first-order chi connectivity index (χ1) is 6.88. The van der Waals surface area contributed by atoms with Gasteiger partial charge < -0.3 is 9.97 Å². The van der Waals surface area contributed by atoms with Gasteiger partial charge >= 0.3 is 0 Å². The van der Waals surface area contributed by atoms with E-state index in [1.807, 2.05) is 12.1 Å². The fraction of sp³-hybridized carbons (Fsp3) is 0.100. The number of hydrogen-bond acceptors (Lipinski definition) is 3. The minimum Gasteiger partial charge on any atom is -0.440 e. The maximum Gasteiger partial charge on any atom is 0.141 e. The number of hydrogen-bond donors (Lipinski definition) is 0. The van der Waals surface area contributed by atoms with E-state index in [1.165, 1.54) is 0 Å². The zero-order valence-electron chi connectivity index (χ0n) is 7.74. The first kappa shape index (κ1) is 11.8. The van der Waals surface area contributed by atoms with Gasteiger partial charge in [0, 0.05) is 32.8 Å². The van der Waals surface area contributed by atoms with E-state index in [1.54, 1.807) is 18.6 Å². The third-order valence-electron chi connectivity index (χ3n) is 1.84. The molecule has 0 saturated carbocycles. The van der Waals surface area contributed by atoms with Crippen LogP contribution in [-0.4, -0.2) is 16.3 Å². The molecular weight excluding hydrogens is 285 g/mol. The number of nitrogens with zero attached hydrogens (tertiary/aromatic N) is 3. The van der Waals surface area contributed by atoms with Crippen LogP contribution in [0.1, 0.15) is 21.9 Å². The summed E-state index contributed by atoms with van der Waals surface area (Å²) in [5.74, 6) is 0.244. The van der Waals surface area contributed by atoms with Gasteiger partial charge in [0.1, 0.15) is 6.29 Å².